The Morgan fingerprint density at radius 1 is 1.31 bits per heavy atom. The van der Waals surface area contributed by atoms with Gasteiger partial charge in [0.2, 0.25) is 5.91 Å². The first-order chi connectivity index (χ1) is 7.64. The number of rotatable bonds is 3. The SMILES string of the molecule is CN(C)C(=O)/C=C/C1(C2CO2)CCCCC1. The smallest absolute Gasteiger partial charge is 0.245 e. The first-order valence-corrected chi connectivity index (χ1v) is 6.16. The van der Waals surface area contributed by atoms with E-state index < -0.39 is 0 Å². The van der Waals surface area contributed by atoms with Crippen LogP contribution in [-0.4, -0.2) is 37.6 Å². The van der Waals surface area contributed by atoms with Crippen molar-refractivity contribution in [2.24, 2.45) is 5.41 Å². The van der Waals surface area contributed by atoms with E-state index in [9.17, 15) is 4.79 Å². The van der Waals surface area contributed by atoms with E-state index in [4.69, 9.17) is 4.74 Å². The third-order valence-corrected chi connectivity index (χ3v) is 3.76. The van der Waals surface area contributed by atoms with Gasteiger partial charge in [-0.25, -0.2) is 0 Å². The van der Waals surface area contributed by atoms with Crippen molar-refractivity contribution in [3.05, 3.63) is 12.2 Å². The molecule has 1 saturated heterocycles. The second-order valence-electron chi connectivity index (χ2n) is 5.18. The minimum absolute atomic E-state index is 0.0746. The van der Waals surface area contributed by atoms with E-state index in [0.717, 1.165) is 6.61 Å². The number of carbonyl (C=O) groups excluding carboxylic acids is 1. The molecule has 1 aliphatic heterocycles. The molecule has 2 aliphatic rings. The minimum atomic E-state index is 0.0746. The summed E-state index contributed by atoms with van der Waals surface area (Å²) in [5, 5.41) is 0. The van der Waals surface area contributed by atoms with Gasteiger partial charge in [0.05, 0.1) is 12.7 Å². The Balaban J connectivity index is 2.04. The van der Waals surface area contributed by atoms with Gasteiger partial charge < -0.3 is 9.64 Å². The van der Waals surface area contributed by atoms with E-state index in [2.05, 4.69) is 6.08 Å². The van der Waals surface area contributed by atoms with E-state index in [1.54, 1.807) is 25.1 Å². The highest BCUT2D eigenvalue weighted by Gasteiger charge is 2.45. The number of hydrogen-bond donors (Lipinski definition) is 0. The molecule has 0 radical (unpaired) electrons. The van der Waals surface area contributed by atoms with E-state index in [1.165, 1.54) is 32.1 Å². The molecule has 0 N–H and O–H groups in total. The molecule has 1 aliphatic carbocycles. The average molecular weight is 223 g/mol. The molecule has 1 atom stereocenters. The normalized spacial score (nSPS) is 28.0. The molecule has 2 fully saturated rings. The third-order valence-electron chi connectivity index (χ3n) is 3.76. The molecule has 2 rings (SSSR count). The van der Waals surface area contributed by atoms with Crippen molar-refractivity contribution in [3.63, 3.8) is 0 Å². The quantitative estimate of drug-likeness (QED) is 0.541. The first kappa shape index (κ1) is 11.6. The lowest BCUT2D eigenvalue weighted by atomic mass is 9.71. The van der Waals surface area contributed by atoms with Gasteiger partial charge in [0.1, 0.15) is 0 Å². The van der Waals surface area contributed by atoms with Gasteiger partial charge in [-0.05, 0) is 18.9 Å². The van der Waals surface area contributed by atoms with Crippen molar-refractivity contribution in [3.8, 4) is 0 Å². The molecular weight excluding hydrogens is 202 g/mol. The highest BCUT2D eigenvalue weighted by Crippen LogP contribution is 2.46. The van der Waals surface area contributed by atoms with Gasteiger partial charge in [0.15, 0.2) is 0 Å². The fraction of sp³-hybridized carbons (Fsp3) is 0.769. The topological polar surface area (TPSA) is 32.8 Å². The lowest BCUT2D eigenvalue weighted by Crippen LogP contribution is -2.29. The standard InChI is InChI=1S/C13H21NO2/c1-14(2)12(15)6-9-13(11-10-16-11)7-4-3-5-8-13/h6,9,11H,3-5,7-8,10H2,1-2H3/b9-6+. The highest BCUT2D eigenvalue weighted by atomic mass is 16.6. The zero-order valence-corrected chi connectivity index (χ0v) is 10.2. The Morgan fingerprint density at radius 2 is 1.94 bits per heavy atom. The van der Waals surface area contributed by atoms with Crippen LogP contribution in [0.2, 0.25) is 0 Å². The molecule has 3 heteroatoms. The van der Waals surface area contributed by atoms with Gasteiger partial charge in [0, 0.05) is 19.5 Å². The monoisotopic (exact) mass is 223 g/mol. The number of ether oxygens (including phenoxy) is 1. The highest BCUT2D eigenvalue weighted by molar-refractivity contribution is 5.87. The van der Waals surface area contributed by atoms with Crippen LogP contribution in [0.3, 0.4) is 0 Å². The van der Waals surface area contributed by atoms with Crippen molar-refractivity contribution >= 4 is 5.91 Å². The molecule has 1 saturated carbocycles. The van der Waals surface area contributed by atoms with Crippen LogP contribution in [0.1, 0.15) is 32.1 Å². The molecule has 0 bridgehead atoms. The first-order valence-electron chi connectivity index (χ1n) is 6.16. The lowest BCUT2D eigenvalue weighted by molar-refractivity contribution is -0.123. The van der Waals surface area contributed by atoms with Gasteiger partial charge in [-0.15, -0.1) is 0 Å². The van der Waals surface area contributed by atoms with E-state index >= 15 is 0 Å². The van der Waals surface area contributed by atoms with Crippen molar-refractivity contribution < 1.29 is 9.53 Å². The van der Waals surface area contributed by atoms with E-state index in [1.807, 2.05) is 0 Å². The summed E-state index contributed by atoms with van der Waals surface area (Å²) >= 11 is 0. The second kappa shape index (κ2) is 4.58. The van der Waals surface area contributed by atoms with Crippen LogP contribution in [0.15, 0.2) is 12.2 Å². The van der Waals surface area contributed by atoms with Crippen LogP contribution >= 0.6 is 0 Å². The van der Waals surface area contributed by atoms with Crippen LogP contribution in [0.4, 0.5) is 0 Å². The molecule has 16 heavy (non-hydrogen) atoms. The van der Waals surface area contributed by atoms with Crippen molar-refractivity contribution in [2.75, 3.05) is 20.7 Å². The summed E-state index contributed by atoms with van der Waals surface area (Å²) in [6, 6.07) is 0. The molecule has 1 heterocycles. The number of nitrogens with zero attached hydrogens (tertiary/aromatic N) is 1. The molecule has 3 nitrogen and oxygen atoms in total. The van der Waals surface area contributed by atoms with Crippen molar-refractivity contribution in [1.29, 1.82) is 0 Å². The second-order valence-corrected chi connectivity index (χ2v) is 5.18. The van der Waals surface area contributed by atoms with Crippen molar-refractivity contribution in [2.45, 2.75) is 38.2 Å². The fourth-order valence-electron chi connectivity index (χ4n) is 2.57. The predicted molar refractivity (Wildman–Crippen MR) is 63.1 cm³/mol. The molecule has 0 aromatic carbocycles. The van der Waals surface area contributed by atoms with E-state index in [0.29, 0.717) is 6.10 Å². The molecule has 0 aromatic rings. The van der Waals surface area contributed by atoms with Crippen LogP contribution in [0.25, 0.3) is 0 Å². The number of hydrogen-bond acceptors (Lipinski definition) is 2. The summed E-state index contributed by atoms with van der Waals surface area (Å²) < 4.78 is 5.47. The maximum Gasteiger partial charge on any atom is 0.245 e. The molecule has 1 unspecified atom stereocenters. The zero-order valence-electron chi connectivity index (χ0n) is 10.2. The van der Waals surface area contributed by atoms with Gasteiger partial charge in [0.25, 0.3) is 0 Å². The van der Waals surface area contributed by atoms with Gasteiger partial charge in [-0.2, -0.15) is 0 Å². The maximum absolute atomic E-state index is 11.6. The lowest BCUT2D eigenvalue weighted by Gasteiger charge is -2.33. The van der Waals surface area contributed by atoms with Crippen molar-refractivity contribution in [1.82, 2.24) is 4.90 Å². The summed E-state index contributed by atoms with van der Waals surface area (Å²) in [7, 11) is 3.57. The predicted octanol–water partition coefficient (Wildman–Crippen LogP) is 1.98. The Labute approximate surface area is 97.5 Å². The maximum atomic E-state index is 11.6. The van der Waals surface area contributed by atoms with Crippen LogP contribution in [-0.2, 0) is 9.53 Å². The Hall–Kier alpha value is -0.830. The largest absolute Gasteiger partial charge is 0.372 e. The Kier molecular flexibility index (Phi) is 3.33. The Morgan fingerprint density at radius 3 is 2.44 bits per heavy atom. The van der Waals surface area contributed by atoms with Crippen LogP contribution < -0.4 is 0 Å². The van der Waals surface area contributed by atoms with Crippen LogP contribution in [0.5, 0.6) is 0 Å². The summed E-state index contributed by atoms with van der Waals surface area (Å²) in [6.07, 6.45) is 10.4. The van der Waals surface area contributed by atoms with Gasteiger partial charge in [-0.1, -0.05) is 25.3 Å². The van der Waals surface area contributed by atoms with E-state index in [-0.39, 0.29) is 11.3 Å². The molecule has 0 spiro atoms. The summed E-state index contributed by atoms with van der Waals surface area (Å²) in [5.41, 5.74) is 0.157. The Bertz CT molecular complexity index is 286. The number of amides is 1. The molecule has 90 valence electrons. The molecule has 1 amide bonds. The van der Waals surface area contributed by atoms with Crippen LogP contribution in [0, 0.1) is 5.41 Å². The fourth-order valence-corrected chi connectivity index (χ4v) is 2.57. The minimum Gasteiger partial charge on any atom is -0.372 e. The van der Waals surface area contributed by atoms with Gasteiger partial charge >= 0.3 is 0 Å². The summed E-state index contributed by atoms with van der Waals surface area (Å²) in [4.78, 5) is 13.2. The average Bonchev–Trinajstić information content (AvgIpc) is 3.11. The number of carbonyl (C=O) groups is 1. The number of epoxide rings is 1. The zero-order chi connectivity index (χ0) is 11.6. The van der Waals surface area contributed by atoms with Gasteiger partial charge in [-0.3, -0.25) is 4.79 Å². The summed E-state index contributed by atoms with van der Waals surface area (Å²) in [5.74, 6) is 0.0746. The molecule has 0 aromatic heterocycles. The molecular formula is C13H21NO2. The summed E-state index contributed by atoms with van der Waals surface area (Å²) in [6.45, 7) is 0.875. The third kappa shape index (κ3) is 2.46. The number of likely N-dealkylation sites (N-methyl/N-ethyl adjacent to an activating group) is 1.